The fourth-order valence-electron chi connectivity index (χ4n) is 7.35. The van der Waals surface area contributed by atoms with E-state index in [9.17, 15) is 13.2 Å². The van der Waals surface area contributed by atoms with Crippen molar-refractivity contribution in [2.45, 2.75) is 131 Å². The first kappa shape index (κ1) is 56.6. The number of halogens is 5. The fourth-order valence-corrected chi connectivity index (χ4v) is 7.35. The van der Waals surface area contributed by atoms with Crippen LogP contribution in [0.15, 0.2) is 97.1 Å². The molecule has 6 rings (SSSR count). The van der Waals surface area contributed by atoms with Crippen molar-refractivity contribution in [3.8, 4) is 22.3 Å². The van der Waals surface area contributed by atoms with Gasteiger partial charge in [0, 0.05) is 0 Å². The van der Waals surface area contributed by atoms with E-state index in [2.05, 4.69) is 208 Å². The van der Waals surface area contributed by atoms with Crippen LogP contribution < -0.4 is 0 Å². The minimum atomic E-state index is -4.07. The van der Waals surface area contributed by atoms with E-state index >= 15 is 0 Å². The summed E-state index contributed by atoms with van der Waals surface area (Å²) in [6, 6.07) is 36.3. The average Bonchev–Trinajstić information content (AvgIpc) is 3.66. The summed E-state index contributed by atoms with van der Waals surface area (Å²) in [7, 11) is 0. The molecule has 0 bridgehead atoms. The molecule has 0 N–H and O–H groups in total. The van der Waals surface area contributed by atoms with Gasteiger partial charge < -0.3 is 14.4 Å². The second-order valence-electron chi connectivity index (χ2n) is 18.9. The monoisotopic (exact) mass is 936 g/mol. The van der Waals surface area contributed by atoms with Crippen molar-refractivity contribution in [3.05, 3.63) is 145 Å². The van der Waals surface area contributed by atoms with E-state index in [0.717, 1.165) is 0 Å². The van der Waals surface area contributed by atoms with Crippen molar-refractivity contribution in [1.29, 1.82) is 0 Å². The first-order chi connectivity index (χ1) is 25.7. The number of hydrogen-bond donors (Lipinski definition) is 0. The second-order valence-corrected chi connectivity index (χ2v) is 18.9. The van der Waals surface area contributed by atoms with E-state index < -0.39 is 12.6 Å². The van der Waals surface area contributed by atoms with Gasteiger partial charge in [-0.25, -0.2) is 0 Å². The van der Waals surface area contributed by atoms with Crippen LogP contribution in [0.2, 0.25) is 0 Å². The number of aryl methyl sites for hydroxylation is 2. The van der Waals surface area contributed by atoms with Crippen LogP contribution in [0.4, 0.5) is 13.2 Å². The van der Waals surface area contributed by atoms with Crippen molar-refractivity contribution in [3.63, 3.8) is 0 Å². The summed E-state index contributed by atoms with van der Waals surface area (Å²) in [6.07, 6.45) is -5.05. The van der Waals surface area contributed by atoms with E-state index in [1.165, 1.54) is 101 Å². The van der Waals surface area contributed by atoms with Gasteiger partial charge in [-0.3, -0.25) is 0 Å². The Labute approximate surface area is 385 Å². The molecular weight excluding hydrogens is 872 g/mol. The third-order valence-corrected chi connectivity index (χ3v) is 10.4. The van der Waals surface area contributed by atoms with Gasteiger partial charge in [-0.15, -0.1) is 93.9 Å². The molecule has 0 aliphatic carbocycles. The first-order valence-corrected chi connectivity index (χ1v) is 23.6. The van der Waals surface area contributed by atoms with Gasteiger partial charge in [-0.1, -0.05) is 175 Å². The molecule has 6 aromatic rings. The van der Waals surface area contributed by atoms with E-state index in [1.807, 2.05) is 0 Å². The quantitative estimate of drug-likeness (QED) is 0.120. The molecule has 0 fully saturated rings. The molecule has 0 unspecified atom stereocenters. The summed E-state index contributed by atoms with van der Waals surface area (Å²) in [6.45, 7) is 37.6. The van der Waals surface area contributed by atoms with Gasteiger partial charge in [-0.05, 0) is 43.9 Å². The number of hydrogen-bond acceptors (Lipinski definition) is 0. The number of fused-ring (bicyclic) bond motifs is 2. The molecule has 6 aromatic carbocycles. The predicted molar refractivity (Wildman–Crippen MR) is 257 cm³/mol. The van der Waals surface area contributed by atoms with E-state index in [1.54, 1.807) is 0 Å². The number of benzene rings is 4. The molecule has 0 heterocycles. The standard InChI is InChI=1S/2C24H29.C3H4F3.CH3.2ClH.Si.Zr/c2*1-16-21(24(5,6)7)15-18-9-8-10-20(22(16)18)17-11-13-19(14-12-17)23(2,3)4;1-2-3(4,5)6;;;;;/h2*8-15H,1-7H3;1-2H2;1H3;2*1H;;/q4*-1;;;;. The summed E-state index contributed by atoms with van der Waals surface area (Å²) in [5.74, 6) is 0. The molecule has 2 radical (unpaired) electrons. The van der Waals surface area contributed by atoms with Crippen molar-refractivity contribution in [1.82, 2.24) is 0 Å². The number of rotatable bonds is 2. The van der Waals surface area contributed by atoms with E-state index in [4.69, 9.17) is 0 Å². The average molecular weight is 939 g/mol. The summed E-state index contributed by atoms with van der Waals surface area (Å²) in [4.78, 5) is 0. The van der Waals surface area contributed by atoms with Crippen LogP contribution in [0.3, 0.4) is 0 Å². The van der Waals surface area contributed by atoms with Crippen LogP contribution >= 0.6 is 24.8 Å². The maximum absolute atomic E-state index is 10.7. The van der Waals surface area contributed by atoms with Gasteiger partial charge in [0.05, 0.1) is 0 Å². The summed E-state index contributed by atoms with van der Waals surface area (Å²) >= 11 is 1.36. The van der Waals surface area contributed by atoms with Crippen molar-refractivity contribution in [2.24, 2.45) is 0 Å². The third-order valence-electron chi connectivity index (χ3n) is 10.4. The van der Waals surface area contributed by atoms with Crippen LogP contribution in [0, 0.1) is 28.2 Å². The predicted octanol–water partition coefficient (Wildman–Crippen LogP) is 16.9. The molecule has 0 aromatic heterocycles. The van der Waals surface area contributed by atoms with Crippen LogP contribution in [0.1, 0.15) is 123 Å². The van der Waals surface area contributed by atoms with Crippen molar-refractivity contribution >= 4 is 53.2 Å². The van der Waals surface area contributed by atoms with Crippen LogP contribution in [0.25, 0.3) is 43.8 Å². The Bertz CT molecular complexity index is 2040. The molecule has 0 aliphatic heterocycles. The van der Waals surface area contributed by atoms with E-state index in [-0.39, 0.29) is 53.9 Å². The van der Waals surface area contributed by atoms with Gasteiger partial charge >= 0.3 is 36.4 Å². The van der Waals surface area contributed by atoms with Gasteiger partial charge in [0.2, 0.25) is 0 Å². The Kier molecular flexibility index (Phi) is 21.2. The zero-order valence-electron chi connectivity index (χ0n) is 38.1. The Morgan fingerprint density at radius 2 is 0.780 bits per heavy atom. The fraction of sp³-hybridized carbons (Fsp3) is 0.385. The number of alkyl halides is 3. The summed E-state index contributed by atoms with van der Waals surface area (Å²) < 4.78 is 32.2. The normalized spacial score (nSPS) is 11.7. The molecule has 0 spiro atoms. The second kappa shape index (κ2) is 22.1. The Balaban J connectivity index is 0.000000927. The third kappa shape index (κ3) is 14.6. The molecule has 0 nitrogen and oxygen atoms in total. The van der Waals surface area contributed by atoms with Crippen molar-refractivity contribution < 1.29 is 36.5 Å². The van der Waals surface area contributed by atoms with Gasteiger partial charge in [0.25, 0.3) is 0 Å². The Hall–Kier alpha value is -2.43. The zero-order chi connectivity index (χ0) is 42.6. The summed E-state index contributed by atoms with van der Waals surface area (Å²) in [5.41, 5.74) is 14.6. The molecule has 59 heavy (non-hydrogen) atoms. The van der Waals surface area contributed by atoms with Gasteiger partial charge in [0.1, 0.15) is 0 Å². The summed E-state index contributed by atoms with van der Waals surface area (Å²) in [5, 5.41) is 5.53. The molecule has 322 valence electrons. The van der Waals surface area contributed by atoms with E-state index in [0.29, 0.717) is 0 Å². The molecule has 0 atom stereocenters. The molecular formula is C52H67Cl2F3SiZr-4. The molecule has 0 saturated carbocycles. The maximum atomic E-state index is 10.7. The van der Waals surface area contributed by atoms with Crippen LogP contribution in [-0.4, -0.2) is 13.1 Å². The molecule has 7 heteroatoms. The topological polar surface area (TPSA) is 0 Å². The van der Waals surface area contributed by atoms with Gasteiger partial charge in [-0.2, -0.15) is 24.3 Å². The van der Waals surface area contributed by atoms with Crippen LogP contribution in [0.5, 0.6) is 0 Å². The molecule has 0 aliphatic rings. The Morgan fingerprint density at radius 1 is 0.508 bits per heavy atom. The van der Waals surface area contributed by atoms with Crippen molar-refractivity contribution in [2.75, 3.05) is 0 Å². The SMILES string of the molecule is Cc1c(C(C)(C)C)[cH-]c2cccc(-c3ccc(C(C)(C)C)cc3)c12.Cc1c(C(C)(C)C)[cH-]c2cccc(-c3ccc(C(C)(C)C)cc3)c12.Cl.Cl.[CH2-]CC(F)(F)F.[CH3-].[Si]=[Zr]. The molecule has 0 amide bonds. The Morgan fingerprint density at radius 3 is 1.00 bits per heavy atom. The minimum absolute atomic E-state index is 0. The first-order valence-electron chi connectivity index (χ1n) is 19.5. The zero-order valence-corrected chi connectivity index (χ0v) is 43.2. The molecule has 0 saturated heterocycles. The van der Waals surface area contributed by atoms with Crippen LogP contribution in [-0.2, 0) is 45.0 Å². The van der Waals surface area contributed by atoms with Gasteiger partial charge in [0.15, 0.2) is 0 Å².